The quantitative estimate of drug-likeness (QED) is 0.734. The van der Waals surface area contributed by atoms with Crippen molar-refractivity contribution in [1.82, 2.24) is 9.88 Å². The molecule has 0 saturated heterocycles. The van der Waals surface area contributed by atoms with E-state index in [-0.39, 0.29) is 5.78 Å². The highest BCUT2D eigenvalue weighted by Gasteiger charge is 2.10. The maximum Gasteiger partial charge on any atom is 0.165 e. The molecule has 0 bridgehead atoms. The van der Waals surface area contributed by atoms with Crippen LogP contribution in [0.3, 0.4) is 0 Å². The molecule has 2 aromatic rings. The lowest BCUT2D eigenvalue weighted by atomic mass is 10.1. The molecule has 0 atom stereocenters. The van der Waals surface area contributed by atoms with Gasteiger partial charge in [0.25, 0.3) is 0 Å². The summed E-state index contributed by atoms with van der Waals surface area (Å²) in [6, 6.07) is 13.1. The van der Waals surface area contributed by atoms with Crippen molar-refractivity contribution in [1.29, 1.82) is 0 Å². The van der Waals surface area contributed by atoms with Gasteiger partial charge in [0.05, 0.1) is 5.02 Å². The Morgan fingerprint density at radius 1 is 1.14 bits per heavy atom. The molecule has 0 aliphatic carbocycles. The minimum absolute atomic E-state index is 0.0882. The number of nitrogens with zero attached hydrogens (tertiary/aromatic N) is 2. The number of aromatic nitrogens is 1. The van der Waals surface area contributed by atoms with Crippen LogP contribution in [-0.4, -0.2) is 35.8 Å². The Hall–Kier alpha value is -1.71. The first-order valence-electron chi connectivity index (χ1n) is 7.03. The summed E-state index contributed by atoms with van der Waals surface area (Å²) in [5, 5.41) is 0.527. The van der Waals surface area contributed by atoms with Gasteiger partial charge in [0.2, 0.25) is 0 Å². The molecule has 1 aromatic carbocycles. The predicted octanol–water partition coefficient (Wildman–Crippen LogP) is 3.48. The zero-order valence-electron chi connectivity index (χ0n) is 12.1. The van der Waals surface area contributed by atoms with Crippen LogP contribution in [0.1, 0.15) is 22.5 Å². The van der Waals surface area contributed by atoms with Gasteiger partial charge < -0.3 is 4.90 Å². The molecule has 0 spiro atoms. The Kier molecular flexibility index (Phi) is 5.90. The highest BCUT2D eigenvalue weighted by atomic mass is 35.5. The maximum atomic E-state index is 12.1. The lowest BCUT2D eigenvalue weighted by molar-refractivity contribution is 0.0969. The first-order chi connectivity index (χ1) is 10.2. The number of rotatable bonds is 7. The number of ketones is 1. The fourth-order valence-electron chi connectivity index (χ4n) is 2.08. The van der Waals surface area contributed by atoms with Gasteiger partial charge in [-0.1, -0.05) is 29.8 Å². The average Bonchev–Trinajstić information content (AvgIpc) is 2.52. The molecule has 1 heterocycles. The van der Waals surface area contributed by atoms with Gasteiger partial charge in [-0.15, -0.1) is 0 Å². The van der Waals surface area contributed by atoms with E-state index in [0.717, 1.165) is 25.2 Å². The number of carbonyl (C=O) groups excluding carboxylic acids is 1. The summed E-state index contributed by atoms with van der Waals surface area (Å²) >= 11 is 6.03. The Morgan fingerprint density at radius 2 is 1.90 bits per heavy atom. The van der Waals surface area contributed by atoms with Crippen LogP contribution in [0.2, 0.25) is 5.02 Å². The van der Waals surface area contributed by atoms with Crippen molar-refractivity contribution >= 4 is 17.4 Å². The van der Waals surface area contributed by atoms with Crippen molar-refractivity contribution in [2.75, 3.05) is 20.1 Å². The van der Waals surface area contributed by atoms with Gasteiger partial charge in [0.1, 0.15) is 0 Å². The average molecular weight is 303 g/mol. The third-order valence-corrected chi connectivity index (χ3v) is 3.70. The van der Waals surface area contributed by atoms with E-state index >= 15 is 0 Å². The Labute approximate surface area is 130 Å². The molecule has 110 valence electrons. The molecule has 0 aliphatic heterocycles. The van der Waals surface area contributed by atoms with Crippen LogP contribution >= 0.6 is 11.6 Å². The molecule has 0 saturated carbocycles. The third kappa shape index (κ3) is 4.96. The number of halogens is 1. The van der Waals surface area contributed by atoms with E-state index in [2.05, 4.69) is 9.88 Å². The summed E-state index contributed by atoms with van der Waals surface area (Å²) in [5.74, 6) is 0.0882. The highest BCUT2D eigenvalue weighted by molar-refractivity contribution is 6.33. The molecule has 0 unspecified atom stereocenters. The Balaban J connectivity index is 1.77. The van der Waals surface area contributed by atoms with Gasteiger partial charge in [-0.25, -0.2) is 0 Å². The first-order valence-corrected chi connectivity index (χ1v) is 7.41. The van der Waals surface area contributed by atoms with E-state index in [4.69, 9.17) is 11.6 Å². The summed E-state index contributed by atoms with van der Waals surface area (Å²) < 4.78 is 0. The van der Waals surface area contributed by atoms with Gasteiger partial charge in [-0.2, -0.15) is 0 Å². The third-order valence-electron chi connectivity index (χ3n) is 3.37. The number of hydrogen-bond donors (Lipinski definition) is 0. The fraction of sp³-hybridized carbons (Fsp3) is 0.294. The second kappa shape index (κ2) is 7.91. The minimum Gasteiger partial charge on any atom is -0.306 e. The van der Waals surface area contributed by atoms with Gasteiger partial charge in [0, 0.05) is 43.4 Å². The number of carbonyl (C=O) groups is 1. The second-order valence-corrected chi connectivity index (χ2v) is 5.43. The van der Waals surface area contributed by atoms with Crippen LogP contribution in [0.4, 0.5) is 0 Å². The van der Waals surface area contributed by atoms with Gasteiger partial charge in [-0.05, 0) is 31.3 Å². The fourth-order valence-corrected chi connectivity index (χ4v) is 2.32. The number of Topliss-reactive ketones (excluding diaryl/α,β-unsaturated/α-hetero) is 1. The van der Waals surface area contributed by atoms with Crippen molar-refractivity contribution in [3.63, 3.8) is 0 Å². The molecule has 0 fully saturated rings. The van der Waals surface area contributed by atoms with Crippen LogP contribution in [0.5, 0.6) is 0 Å². The molecular formula is C17H19ClN2O. The standard InChI is InChI=1S/C17H19ClN2O/c1-20(12-9-14-6-4-5-11-19-14)13-10-17(21)15-7-2-3-8-16(15)18/h2-8,11H,9-10,12-13H2,1H3. The normalized spacial score (nSPS) is 10.8. The van der Waals surface area contributed by atoms with Crippen LogP contribution in [0, 0.1) is 0 Å². The van der Waals surface area contributed by atoms with Crippen LogP contribution in [-0.2, 0) is 6.42 Å². The molecule has 4 heteroatoms. The van der Waals surface area contributed by atoms with Crippen molar-refractivity contribution < 1.29 is 4.79 Å². The van der Waals surface area contributed by atoms with Gasteiger partial charge in [0.15, 0.2) is 5.78 Å². The number of hydrogen-bond acceptors (Lipinski definition) is 3. The Bertz CT molecular complexity index is 586. The second-order valence-electron chi connectivity index (χ2n) is 5.03. The lowest BCUT2D eigenvalue weighted by Gasteiger charge is -2.15. The highest BCUT2D eigenvalue weighted by Crippen LogP contribution is 2.16. The zero-order chi connectivity index (χ0) is 15.1. The summed E-state index contributed by atoms with van der Waals surface area (Å²) in [4.78, 5) is 18.6. The van der Waals surface area contributed by atoms with Crippen LogP contribution in [0.15, 0.2) is 48.7 Å². The van der Waals surface area contributed by atoms with Gasteiger partial charge >= 0.3 is 0 Å². The molecule has 2 rings (SSSR count). The van der Waals surface area contributed by atoms with Crippen LogP contribution in [0.25, 0.3) is 0 Å². The summed E-state index contributed by atoms with van der Waals surface area (Å²) in [6.07, 6.45) is 3.16. The SMILES string of the molecule is CN(CCC(=O)c1ccccc1Cl)CCc1ccccn1. The topological polar surface area (TPSA) is 33.2 Å². The lowest BCUT2D eigenvalue weighted by Crippen LogP contribution is -2.24. The molecule has 3 nitrogen and oxygen atoms in total. The van der Waals surface area contributed by atoms with Crippen molar-refractivity contribution in [2.24, 2.45) is 0 Å². The molecule has 21 heavy (non-hydrogen) atoms. The minimum atomic E-state index is 0.0882. The largest absolute Gasteiger partial charge is 0.306 e. The van der Waals surface area contributed by atoms with E-state index < -0.39 is 0 Å². The molecule has 0 aliphatic rings. The maximum absolute atomic E-state index is 12.1. The summed E-state index contributed by atoms with van der Waals surface area (Å²) in [5.41, 5.74) is 1.68. The molecule has 0 amide bonds. The molecule has 0 N–H and O–H groups in total. The van der Waals surface area contributed by atoms with Crippen molar-refractivity contribution in [2.45, 2.75) is 12.8 Å². The van der Waals surface area contributed by atoms with Crippen molar-refractivity contribution in [3.8, 4) is 0 Å². The number of likely N-dealkylation sites (N-methyl/N-ethyl adjacent to an activating group) is 1. The van der Waals surface area contributed by atoms with E-state index in [9.17, 15) is 4.79 Å². The predicted molar refractivity (Wildman–Crippen MR) is 85.8 cm³/mol. The van der Waals surface area contributed by atoms with Gasteiger partial charge in [-0.3, -0.25) is 9.78 Å². The van der Waals surface area contributed by atoms with Crippen LogP contribution < -0.4 is 0 Å². The zero-order valence-corrected chi connectivity index (χ0v) is 12.9. The van der Waals surface area contributed by atoms with E-state index in [1.807, 2.05) is 37.4 Å². The van der Waals surface area contributed by atoms with E-state index in [1.54, 1.807) is 18.3 Å². The van der Waals surface area contributed by atoms with Crippen molar-refractivity contribution in [3.05, 3.63) is 64.9 Å². The molecule has 0 radical (unpaired) electrons. The molecular weight excluding hydrogens is 284 g/mol. The number of pyridine rings is 1. The Morgan fingerprint density at radius 3 is 2.62 bits per heavy atom. The number of benzene rings is 1. The van der Waals surface area contributed by atoms with E-state index in [1.165, 1.54) is 0 Å². The van der Waals surface area contributed by atoms with E-state index in [0.29, 0.717) is 17.0 Å². The summed E-state index contributed by atoms with van der Waals surface area (Å²) in [7, 11) is 2.02. The first kappa shape index (κ1) is 15.7. The monoisotopic (exact) mass is 302 g/mol. The smallest absolute Gasteiger partial charge is 0.165 e. The summed E-state index contributed by atoms with van der Waals surface area (Å²) in [6.45, 7) is 1.60. The molecule has 1 aromatic heterocycles.